The number of alkyl halides is 3. The number of aromatic amines is 1. The Morgan fingerprint density at radius 2 is 2.00 bits per heavy atom. The van der Waals surface area contributed by atoms with E-state index in [0.29, 0.717) is 35.6 Å². The highest BCUT2D eigenvalue weighted by atomic mass is 19.4. The first-order valence-corrected chi connectivity index (χ1v) is 9.41. The third-order valence-electron chi connectivity index (χ3n) is 4.96. The Morgan fingerprint density at radius 1 is 1.17 bits per heavy atom. The van der Waals surface area contributed by atoms with Crippen molar-refractivity contribution in [2.75, 3.05) is 13.1 Å². The first kappa shape index (κ1) is 20.4. The summed E-state index contributed by atoms with van der Waals surface area (Å²) in [7, 11) is 0. The molecule has 3 heterocycles. The number of likely N-dealkylation sites (tertiary alicyclic amines) is 1. The highest BCUT2D eigenvalue weighted by Crippen LogP contribution is 2.28. The van der Waals surface area contributed by atoms with Crippen LogP contribution in [0.3, 0.4) is 0 Å². The number of benzene rings is 1. The Hall–Kier alpha value is -2.85. The predicted molar refractivity (Wildman–Crippen MR) is 99.5 cm³/mol. The molecule has 1 atom stereocenters. The molecule has 1 N–H and O–H groups in total. The van der Waals surface area contributed by atoms with Crippen LogP contribution in [-0.4, -0.2) is 44.5 Å². The fourth-order valence-electron chi connectivity index (χ4n) is 3.44. The fraction of sp³-hybridized carbons (Fsp3) is 0.350. The molecule has 1 aromatic carbocycles. The van der Waals surface area contributed by atoms with Gasteiger partial charge in [-0.05, 0) is 30.2 Å². The van der Waals surface area contributed by atoms with Crippen molar-refractivity contribution >= 4 is 0 Å². The number of hydrogen-bond acceptors (Lipinski definition) is 5. The van der Waals surface area contributed by atoms with E-state index in [2.05, 4.69) is 25.3 Å². The molecule has 10 heteroatoms. The maximum atomic E-state index is 14.0. The van der Waals surface area contributed by atoms with E-state index in [1.165, 1.54) is 18.3 Å². The molecule has 1 aliphatic rings. The lowest BCUT2D eigenvalue weighted by Crippen LogP contribution is -2.23. The van der Waals surface area contributed by atoms with Crippen LogP contribution in [0.25, 0.3) is 11.3 Å². The van der Waals surface area contributed by atoms with Gasteiger partial charge in [0.15, 0.2) is 0 Å². The van der Waals surface area contributed by atoms with E-state index in [1.807, 2.05) is 0 Å². The van der Waals surface area contributed by atoms with E-state index in [-0.39, 0.29) is 18.5 Å². The third-order valence-corrected chi connectivity index (χ3v) is 4.96. The molecule has 0 spiro atoms. The Balaban J connectivity index is 1.31. The summed E-state index contributed by atoms with van der Waals surface area (Å²) in [5.74, 6) is -0.384. The number of H-pyrrole nitrogens is 1. The third kappa shape index (κ3) is 4.65. The monoisotopic (exact) mass is 421 g/mol. The van der Waals surface area contributed by atoms with E-state index in [0.717, 1.165) is 19.0 Å². The Labute approximate surface area is 169 Å². The first-order valence-electron chi connectivity index (χ1n) is 9.41. The lowest BCUT2D eigenvalue weighted by atomic mass is 10.1. The van der Waals surface area contributed by atoms with Gasteiger partial charge in [0.2, 0.25) is 0 Å². The summed E-state index contributed by atoms with van der Waals surface area (Å²) in [6.07, 6.45) is -2.45. The smallest absolute Gasteiger partial charge is 0.370 e. The molecule has 1 fully saturated rings. The molecule has 0 radical (unpaired) electrons. The zero-order valence-corrected chi connectivity index (χ0v) is 15.9. The summed E-state index contributed by atoms with van der Waals surface area (Å²) in [5.41, 5.74) is 1.17. The summed E-state index contributed by atoms with van der Waals surface area (Å²) in [6, 6.07) is 8.76. The first-order chi connectivity index (χ1) is 14.4. The van der Waals surface area contributed by atoms with Gasteiger partial charge in [0.1, 0.15) is 17.2 Å². The number of nitrogens with zero attached hydrogens (tertiary/aromatic N) is 4. The van der Waals surface area contributed by atoms with Gasteiger partial charge in [-0.15, -0.1) is 5.10 Å². The molecule has 6 nitrogen and oxygen atoms in total. The summed E-state index contributed by atoms with van der Waals surface area (Å²) in [5, 5.41) is 10.5. The Kier molecular flexibility index (Phi) is 5.78. The van der Waals surface area contributed by atoms with Gasteiger partial charge >= 0.3 is 6.18 Å². The number of halogens is 4. The summed E-state index contributed by atoms with van der Waals surface area (Å²) in [6.45, 7) is 2.10. The van der Waals surface area contributed by atoms with Crippen LogP contribution < -0.4 is 0 Å². The van der Waals surface area contributed by atoms with E-state index in [9.17, 15) is 17.6 Å². The van der Waals surface area contributed by atoms with Crippen LogP contribution in [-0.2, 0) is 24.1 Å². The second kappa shape index (κ2) is 8.49. The van der Waals surface area contributed by atoms with Crippen LogP contribution in [0.4, 0.5) is 17.6 Å². The molecular formula is C20H19F4N5O. The highest BCUT2D eigenvalue weighted by molar-refractivity contribution is 5.61. The van der Waals surface area contributed by atoms with Crippen LogP contribution in [0.2, 0.25) is 0 Å². The summed E-state index contributed by atoms with van der Waals surface area (Å²) in [4.78, 5) is 5.59. The number of pyridine rings is 1. The number of nitrogens with one attached hydrogen (secondary N) is 1. The van der Waals surface area contributed by atoms with Crippen molar-refractivity contribution < 1.29 is 22.3 Å². The summed E-state index contributed by atoms with van der Waals surface area (Å²) < 4.78 is 57.8. The molecule has 0 aliphatic carbocycles. The zero-order chi connectivity index (χ0) is 21.1. The number of rotatable bonds is 6. The second-order valence-corrected chi connectivity index (χ2v) is 7.13. The summed E-state index contributed by atoms with van der Waals surface area (Å²) >= 11 is 0. The van der Waals surface area contributed by atoms with Crippen LogP contribution >= 0.6 is 0 Å². The fourth-order valence-corrected chi connectivity index (χ4v) is 3.44. The van der Waals surface area contributed by atoms with Gasteiger partial charge < -0.3 is 4.74 Å². The highest BCUT2D eigenvalue weighted by Gasteiger charge is 2.32. The van der Waals surface area contributed by atoms with Gasteiger partial charge in [0, 0.05) is 31.4 Å². The van der Waals surface area contributed by atoms with E-state index in [1.54, 1.807) is 18.2 Å². The quantitative estimate of drug-likeness (QED) is 0.613. The Morgan fingerprint density at radius 3 is 2.73 bits per heavy atom. The minimum atomic E-state index is -4.44. The standard InChI is InChI=1S/C20H19F4N5O/c21-16-4-2-1-3-15(16)19-17(26-28-27-19)12-30-14-7-8-29(11-14)10-13-5-6-18(25-9-13)20(22,23)24/h1-6,9,14H,7-8,10-12H2,(H,26,27,28). The molecule has 3 aromatic rings. The maximum absolute atomic E-state index is 14.0. The van der Waals surface area contributed by atoms with Gasteiger partial charge in [-0.2, -0.15) is 13.2 Å². The number of ether oxygens (including phenoxy) is 1. The van der Waals surface area contributed by atoms with E-state index < -0.39 is 11.9 Å². The number of hydrogen-bond donors (Lipinski definition) is 1. The average molecular weight is 421 g/mol. The van der Waals surface area contributed by atoms with Gasteiger partial charge in [-0.3, -0.25) is 15.0 Å². The molecule has 0 saturated carbocycles. The van der Waals surface area contributed by atoms with Crippen LogP contribution in [0, 0.1) is 5.82 Å². The average Bonchev–Trinajstić information content (AvgIpc) is 3.36. The minimum absolute atomic E-state index is 0.0517. The van der Waals surface area contributed by atoms with Gasteiger partial charge in [-0.25, -0.2) is 4.39 Å². The SMILES string of the molecule is Fc1ccccc1-c1nn[nH]c1COC1CCN(Cc2ccc(C(F)(F)F)nc2)C1. The van der Waals surface area contributed by atoms with Crippen LogP contribution in [0.1, 0.15) is 23.4 Å². The molecule has 4 rings (SSSR count). The van der Waals surface area contributed by atoms with E-state index in [4.69, 9.17) is 4.74 Å². The van der Waals surface area contributed by atoms with Crippen molar-refractivity contribution in [3.63, 3.8) is 0 Å². The molecule has 2 aromatic heterocycles. The molecule has 30 heavy (non-hydrogen) atoms. The van der Waals surface area contributed by atoms with Crippen LogP contribution in [0.15, 0.2) is 42.6 Å². The van der Waals surface area contributed by atoms with Crippen molar-refractivity contribution in [1.29, 1.82) is 0 Å². The molecule has 1 aliphatic heterocycles. The lowest BCUT2D eigenvalue weighted by molar-refractivity contribution is -0.141. The number of aromatic nitrogens is 4. The minimum Gasteiger partial charge on any atom is -0.370 e. The largest absolute Gasteiger partial charge is 0.433 e. The van der Waals surface area contributed by atoms with Crippen molar-refractivity contribution in [2.24, 2.45) is 0 Å². The lowest BCUT2D eigenvalue weighted by Gasteiger charge is -2.16. The topological polar surface area (TPSA) is 66.9 Å². The molecular weight excluding hydrogens is 402 g/mol. The molecule has 158 valence electrons. The van der Waals surface area contributed by atoms with Crippen molar-refractivity contribution in [2.45, 2.75) is 31.9 Å². The zero-order valence-electron chi connectivity index (χ0n) is 15.9. The van der Waals surface area contributed by atoms with E-state index >= 15 is 0 Å². The van der Waals surface area contributed by atoms with Crippen molar-refractivity contribution in [1.82, 2.24) is 25.3 Å². The molecule has 1 unspecified atom stereocenters. The maximum Gasteiger partial charge on any atom is 0.433 e. The van der Waals surface area contributed by atoms with Gasteiger partial charge in [0.25, 0.3) is 0 Å². The predicted octanol–water partition coefficient (Wildman–Crippen LogP) is 3.82. The van der Waals surface area contributed by atoms with Crippen molar-refractivity contribution in [3.05, 3.63) is 65.4 Å². The van der Waals surface area contributed by atoms with Gasteiger partial charge in [0.05, 0.1) is 18.4 Å². The molecule has 0 amide bonds. The van der Waals surface area contributed by atoms with Gasteiger partial charge in [-0.1, -0.05) is 23.4 Å². The van der Waals surface area contributed by atoms with Crippen molar-refractivity contribution in [3.8, 4) is 11.3 Å². The molecule has 1 saturated heterocycles. The van der Waals surface area contributed by atoms with Crippen LogP contribution in [0.5, 0.6) is 0 Å². The second-order valence-electron chi connectivity index (χ2n) is 7.13. The Bertz CT molecular complexity index is 989. The molecule has 0 bridgehead atoms. The normalized spacial score (nSPS) is 17.5.